The molecule has 0 unspecified atom stereocenters. The maximum Gasteiger partial charge on any atom is 0.325 e. The number of carboxylic acids is 1. The fraction of sp³-hybridized carbons (Fsp3) is 0.350. The standard InChI is InChI=1S/C20H25NO4/c1-3-12-25-17-11-10-15(13-18(17)24-4-2)14-21-19(20(22)23)16-8-6-5-7-9-16/h5-11,13,19,21H,3-4,12,14H2,1-2H3,(H,22,23)/t19-/m0/s1. The summed E-state index contributed by atoms with van der Waals surface area (Å²) >= 11 is 0. The van der Waals surface area contributed by atoms with E-state index in [0.29, 0.717) is 31.3 Å². The van der Waals surface area contributed by atoms with Gasteiger partial charge in [0, 0.05) is 6.54 Å². The van der Waals surface area contributed by atoms with Crippen LogP contribution in [0.25, 0.3) is 0 Å². The average molecular weight is 343 g/mol. The third-order valence-electron chi connectivity index (χ3n) is 3.66. The first-order valence-electron chi connectivity index (χ1n) is 8.55. The van der Waals surface area contributed by atoms with Gasteiger partial charge in [0.2, 0.25) is 0 Å². The highest BCUT2D eigenvalue weighted by Crippen LogP contribution is 2.29. The van der Waals surface area contributed by atoms with E-state index in [2.05, 4.69) is 5.32 Å². The second-order valence-corrected chi connectivity index (χ2v) is 5.63. The van der Waals surface area contributed by atoms with Gasteiger partial charge in [0.1, 0.15) is 6.04 Å². The van der Waals surface area contributed by atoms with Crippen molar-refractivity contribution in [3.8, 4) is 11.5 Å². The number of nitrogens with one attached hydrogen (secondary N) is 1. The Morgan fingerprint density at radius 3 is 2.48 bits per heavy atom. The molecule has 0 fully saturated rings. The molecule has 0 aliphatic carbocycles. The minimum absolute atomic E-state index is 0.417. The van der Waals surface area contributed by atoms with Crippen LogP contribution in [0, 0.1) is 0 Å². The van der Waals surface area contributed by atoms with Crippen LogP contribution in [0.1, 0.15) is 37.4 Å². The van der Waals surface area contributed by atoms with Gasteiger partial charge in [0.25, 0.3) is 0 Å². The van der Waals surface area contributed by atoms with E-state index in [9.17, 15) is 9.90 Å². The molecule has 25 heavy (non-hydrogen) atoms. The zero-order valence-corrected chi connectivity index (χ0v) is 14.7. The zero-order valence-electron chi connectivity index (χ0n) is 14.7. The van der Waals surface area contributed by atoms with Gasteiger partial charge >= 0.3 is 5.97 Å². The Morgan fingerprint density at radius 2 is 1.84 bits per heavy atom. The molecule has 0 heterocycles. The molecule has 0 spiro atoms. The quantitative estimate of drug-likeness (QED) is 0.687. The van der Waals surface area contributed by atoms with Crippen molar-refractivity contribution in [1.29, 1.82) is 0 Å². The number of hydrogen-bond donors (Lipinski definition) is 2. The lowest BCUT2D eigenvalue weighted by molar-refractivity contribution is -0.139. The normalized spacial score (nSPS) is 11.8. The summed E-state index contributed by atoms with van der Waals surface area (Å²) in [6, 6.07) is 14.1. The number of carbonyl (C=O) groups is 1. The molecule has 134 valence electrons. The Balaban J connectivity index is 2.10. The maximum absolute atomic E-state index is 11.6. The third-order valence-corrected chi connectivity index (χ3v) is 3.66. The first-order chi connectivity index (χ1) is 12.2. The van der Waals surface area contributed by atoms with Gasteiger partial charge in [0.15, 0.2) is 11.5 Å². The summed E-state index contributed by atoms with van der Waals surface area (Å²) in [7, 11) is 0. The van der Waals surface area contributed by atoms with Crippen LogP contribution in [0.5, 0.6) is 11.5 Å². The second-order valence-electron chi connectivity index (χ2n) is 5.63. The molecule has 1 atom stereocenters. The van der Waals surface area contributed by atoms with Crippen molar-refractivity contribution >= 4 is 5.97 Å². The zero-order chi connectivity index (χ0) is 18.1. The maximum atomic E-state index is 11.6. The van der Waals surface area contributed by atoms with Gasteiger partial charge in [0.05, 0.1) is 13.2 Å². The van der Waals surface area contributed by atoms with Crippen LogP contribution in [-0.2, 0) is 11.3 Å². The molecule has 0 aromatic heterocycles. The highest BCUT2D eigenvalue weighted by Gasteiger charge is 2.19. The molecule has 5 heteroatoms. The van der Waals surface area contributed by atoms with Crippen LogP contribution in [0.15, 0.2) is 48.5 Å². The molecule has 2 aromatic rings. The summed E-state index contributed by atoms with van der Waals surface area (Å²) in [5, 5.41) is 12.6. The number of ether oxygens (including phenoxy) is 2. The third kappa shape index (κ3) is 5.50. The smallest absolute Gasteiger partial charge is 0.325 e. The molecular weight excluding hydrogens is 318 g/mol. The van der Waals surface area contributed by atoms with Crippen molar-refractivity contribution in [1.82, 2.24) is 5.32 Å². The summed E-state index contributed by atoms with van der Waals surface area (Å²) in [4.78, 5) is 11.6. The number of benzene rings is 2. The van der Waals surface area contributed by atoms with Gasteiger partial charge in [-0.3, -0.25) is 10.1 Å². The average Bonchev–Trinajstić information content (AvgIpc) is 2.62. The van der Waals surface area contributed by atoms with Crippen molar-refractivity contribution in [3.63, 3.8) is 0 Å². The summed E-state index contributed by atoms with van der Waals surface area (Å²) in [6.07, 6.45) is 0.923. The molecular formula is C20H25NO4. The molecule has 0 radical (unpaired) electrons. The van der Waals surface area contributed by atoms with Crippen LogP contribution in [0.3, 0.4) is 0 Å². The molecule has 0 saturated heterocycles. The molecule has 2 N–H and O–H groups in total. The molecule has 2 aromatic carbocycles. The highest BCUT2D eigenvalue weighted by atomic mass is 16.5. The Bertz CT molecular complexity index is 673. The fourth-order valence-corrected chi connectivity index (χ4v) is 2.48. The molecule has 2 rings (SSSR count). The first-order valence-corrected chi connectivity index (χ1v) is 8.55. The summed E-state index contributed by atoms with van der Waals surface area (Å²) in [5.41, 5.74) is 1.66. The molecule has 0 aliphatic heterocycles. The topological polar surface area (TPSA) is 67.8 Å². The van der Waals surface area contributed by atoms with Crippen molar-refractivity contribution < 1.29 is 19.4 Å². The van der Waals surface area contributed by atoms with E-state index >= 15 is 0 Å². The van der Waals surface area contributed by atoms with Crippen LogP contribution in [0.4, 0.5) is 0 Å². The van der Waals surface area contributed by atoms with Crippen molar-refractivity contribution in [3.05, 3.63) is 59.7 Å². The lowest BCUT2D eigenvalue weighted by atomic mass is 10.1. The van der Waals surface area contributed by atoms with Gasteiger partial charge in [-0.25, -0.2) is 0 Å². The number of hydrogen-bond acceptors (Lipinski definition) is 4. The second kappa shape index (κ2) is 9.69. The monoisotopic (exact) mass is 343 g/mol. The van der Waals surface area contributed by atoms with Crippen molar-refractivity contribution in [2.24, 2.45) is 0 Å². The SMILES string of the molecule is CCCOc1ccc(CN[C@H](C(=O)O)c2ccccc2)cc1OCC. The molecule has 0 saturated carbocycles. The van der Waals surface area contributed by atoms with E-state index in [1.165, 1.54) is 0 Å². The Hall–Kier alpha value is -2.53. The Morgan fingerprint density at radius 1 is 1.08 bits per heavy atom. The summed E-state index contributed by atoms with van der Waals surface area (Å²) in [5.74, 6) is 0.492. The number of aliphatic carboxylic acids is 1. The highest BCUT2D eigenvalue weighted by molar-refractivity contribution is 5.75. The summed E-state index contributed by atoms with van der Waals surface area (Å²) in [6.45, 7) is 5.56. The van der Waals surface area contributed by atoms with Gasteiger partial charge < -0.3 is 14.6 Å². The molecule has 0 aliphatic rings. The minimum atomic E-state index is -0.904. The predicted octanol–water partition coefficient (Wildman–Crippen LogP) is 3.79. The fourth-order valence-electron chi connectivity index (χ4n) is 2.48. The summed E-state index contributed by atoms with van der Waals surface area (Å²) < 4.78 is 11.3. The van der Waals surface area contributed by atoms with Crippen molar-refractivity contribution in [2.45, 2.75) is 32.9 Å². The lowest BCUT2D eigenvalue weighted by Gasteiger charge is -2.16. The van der Waals surface area contributed by atoms with E-state index in [1.54, 1.807) is 12.1 Å². The van der Waals surface area contributed by atoms with Gasteiger partial charge in [-0.2, -0.15) is 0 Å². The predicted molar refractivity (Wildman–Crippen MR) is 97.1 cm³/mol. The Kier molecular flexibility index (Phi) is 7.29. The van der Waals surface area contributed by atoms with Gasteiger partial charge in [-0.1, -0.05) is 43.3 Å². The van der Waals surface area contributed by atoms with Crippen LogP contribution < -0.4 is 14.8 Å². The minimum Gasteiger partial charge on any atom is -0.490 e. The molecule has 0 amide bonds. The van der Waals surface area contributed by atoms with E-state index in [0.717, 1.165) is 17.5 Å². The number of rotatable bonds is 10. The number of carboxylic acid groups (broad SMARTS) is 1. The first kappa shape index (κ1) is 18.8. The van der Waals surface area contributed by atoms with E-state index in [1.807, 2.05) is 50.2 Å². The molecule has 5 nitrogen and oxygen atoms in total. The lowest BCUT2D eigenvalue weighted by Crippen LogP contribution is -2.28. The van der Waals surface area contributed by atoms with Gasteiger partial charge in [-0.15, -0.1) is 0 Å². The van der Waals surface area contributed by atoms with Crippen molar-refractivity contribution in [2.75, 3.05) is 13.2 Å². The largest absolute Gasteiger partial charge is 0.490 e. The van der Waals surface area contributed by atoms with Gasteiger partial charge in [-0.05, 0) is 36.6 Å². The van der Waals surface area contributed by atoms with E-state index in [4.69, 9.17) is 9.47 Å². The van der Waals surface area contributed by atoms with E-state index in [-0.39, 0.29) is 0 Å². The van der Waals surface area contributed by atoms with Crippen LogP contribution in [0.2, 0.25) is 0 Å². The molecule has 0 bridgehead atoms. The van der Waals surface area contributed by atoms with E-state index < -0.39 is 12.0 Å². The van der Waals surface area contributed by atoms with Crippen LogP contribution >= 0.6 is 0 Å². The Labute approximate surface area is 148 Å². The van der Waals surface area contributed by atoms with Crippen LogP contribution in [-0.4, -0.2) is 24.3 Å².